The first kappa shape index (κ1) is 85.7. The SMILES string of the molecule is CN(C)c1ccc(Br)cc1.CN(C)c1ccc(C(=O)[C@H]2CC[C@H]3[C@@H]4CC[C@H]5C[C@](C)(O)CC[C@]5(C)[C@H]4CC[C@]23C)cc1.CON(C)C(=O)[C@H]1CC[C@H]2[C@@H]3CC[C@H]4C[C@](C)(O)CC[C@]4(C)[C@H]3CC[C@]12C.[B]B([B])B(B([B])[B])B(B(B([B])[B])B([B])[B])B(B(B([B])[B])B([B])[B])B(B([B])[B])B([B])[B]. The van der Waals surface area contributed by atoms with Crippen LogP contribution in [0.2, 0.25) is 0 Å². The molecule has 2 aromatic rings. The maximum absolute atomic E-state index is 13.7. The van der Waals surface area contributed by atoms with E-state index in [1.807, 2.05) is 59.4 Å². The molecule has 0 unspecified atom stereocenters. The first-order chi connectivity index (χ1) is 45.9. The van der Waals surface area contributed by atoms with Crippen molar-refractivity contribution in [1.29, 1.82) is 0 Å². The average Bonchev–Trinajstić information content (AvgIpc) is 1.69. The van der Waals surface area contributed by atoms with Gasteiger partial charge in [-0.2, -0.15) is 0 Å². The predicted molar refractivity (Wildman–Crippen MR) is 458 cm³/mol. The zero-order chi connectivity index (χ0) is 74.1. The van der Waals surface area contributed by atoms with Crippen LogP contribution in [0, 0.1) is 80.8 Å². The van der Waals surface area contributed by atoms with Crippen molar-refractivity contribution in [3.63, 3.8) is 0 Å². The summed E-state index contributed by atoms with van der Waals surface area (Å²) in [5.41, 5.74) is 3.40. The van der Waals surface area contributed by atoms with Gasteiger partial charge in [0.25, 0.3) is 0 Å². The topological polar surface area (TPSA) is 93.6 Å². The number of hydrogen-bond acceptors (Lipinski definition) is 7. The second-order valence-electron chi connectivity index (χ2n) is 34.3. The molecule has 0 heterocycles. The number of amides is 1. The fraction of sp³-hybridized carbons (Fsp3) is 0.767. The van der Waals surface area contributed by atoms with Crippen molar-refractivity contribution < 1.29 is 24.6 Å². The first-order valence-corrected chi connectivity index (χ1v) is 37.8. The van der Waals surface area contributed by atoms with Crippen LogP contribution in [-0.2, 0) is 9.63 Å². The van der Waals surface area contributed by atoms with E-state index in [2.05, 4.69) is 84.6 Å². The third-order valence-corrected chi connectivity index (χ3v) is 28.4. The molecule has 0 bridgehead atoms. The Balaban J connectivity index is 0.000000195. The smallest absolute Gasteiger partial charge is 0.249 e. The number of nitrogens with zero attached hydrogens (tertiary/aromatic N) is 3. The molecule has 0 aromatic heterocycles. The highest BCUT2D eigenvalue weighted by atomic mass is 79.9. The Labute approximate surface area is 637 Å². The monoisotopic (exact) mass is 1340 g/mol. The Hall–Kier alpha value is -0.512. The van der Waals surface area contributed by atoms with E-state index < -0.39 is 101 Å². The summed E-state index contributed by atoms with van der Waals surface area (Å²) in [7, 11) is 108. The molecule has 0 spiro atoms. The van der Waals surface area contributed by atoms with Crippen molar-refractivity contribution in [2.45, 2.75) is 168 Å². The van der Waals surface area contributed by atoms with Crippen LogP contribution in [0.4, 0.5) is 11.4 Å². The highest BCUT2D eigenvalue weighted by molar-refractivity contribution is 9.10. The number of ketones is 1. The summed E-state index contributed by atoms with van der Waals surface area (Å²) in [4.78, 5) is 36.0. The average molecular weight is 1340 g/mol. The van der Waals surface area contributed by atoms with Crippen molar-refractivity contribution in [3.05, 3.63) is 58.6 Å². The Morgan fingerprint density at radius 2 is 0.727 bits per heavy atom. The summed E-state index contributed by atoms with van der Waals surface area (Å²) < 4.78 is 1.12. The summed E-state index contributed by atoms with van der Waals surface area (Å²) >= 11 is 3.38. The Bertz CT molecular complexity index is 2830. The number of hydroxylamine groups is 2. The molecule has 16 atom stereocenters. The second kappa shape index (κ2) is 34.8. The summed E-state index contributed by atoms with van der Waals surface area (Å²) in [5.74, 6) is 6.65. The highest BCUT2D eigenvalue weighted by Crippen LogP contribution is 2.70. The van der Waals surface area contributed by atoms with E-state index in [0.29, 0.717) is 40.3 Å². The van der Waals surface area contributed by atoms with Crippen molar-refractivity contribution >= 4 is 252 Å². The number of aliphatic hydroxyl groups is 2. The Kier molecular flexibility index (Phi) is 30.1. The molecule has 99 heavy (non-hydrogen) atoms. The normalized spacial score (nSPS) is 32.7. The molecule has 474 valence electrons. The highest BCUT2D eigenvalue weighted by Gasteiger charge is 2.64. The van der Waals surface area contributed by atoms with Gasteiger partial charge < -0.3 is 20.0 Å². The number of rotatable bonds is 19. The van der Waals surface area contributed by atoms with Crippen LogP contribution in [0.25, 0.3) is 0 Å². The van der Waals surface area contributed by atoms with Crippen LogP contribution in [-0.4, -0.2) is 294 Å². The van der Waals surface area contributed by atoms with E-state index in [0.717, 1.165) is 77.9 Å². The molecule has 0 aliphatic heterocycles. The summed E-state index contributed by atoms with van der Waals surface area (Å²) in [6, 6.07) is 16.5. The van der Waals surface area contributed by atoms with Crippen LogP contribution in [0.3, 0.4) is 0 Å². The minimum absolute atomic E-state index is 0.117. The fourth-order valence-electron chi connectivity index (χ4n) is 22.5. The lowest BCUT2D eigenvalue weighted by atomic mass is 8.31. The summed E-state index contributed by atoms with van der Waals surface area (Å²) in [6.07, 6.45) is 7.04. The van der Waals surface area contributed by atoms with Gasteiger partial charge in [-0.25, -0.2) is 5.06 Å². The first-order valence-electron chi connectivity index (χ1n) is 37.0. The zero-order valence-electron chi connectivity index (χ0n) is 62.3. The molecule has 8 nitrogen and oxygen atoms in total. The van der Waals surface area contributed by atoms with Gasteiger partial charge >= 0.3 is 0 Å². The van der Waals surface area contributed by atoms with Gasteiger partial charge in [-0.1, -0.05) is 43.6 Å². The minimum atomic E-state index is -1.07. The van der Waals surface area contributed by atoms with E-state index in [-0.39, 0.29) is 28.6 Å². The largest absolute Gasteiger partial charge is 0.390 e. The number of benzene rings is 2. The molecule has 8 aliphatic carbocycles. The van der Waals surface area contributed by atoms with Gasteiger partial charge in [0, 0.05) is 282 Å². The fourth-order valence-corrected chi connectivity index (χ4v) is 22.8. The van der Waals surface area contributed by atoms with Crippen molar-refractivity contribution in [2.75, 3.05) is 52.1 Å². The lowest BCUT2D eigenvalue weighted by Crippen LogP contribution is -2.88. The van der Waals surface area contributed by atoms with E-state index in [9.17, 15) is 19.8 Å². The van der Waals surface area contributed by atoms with Crippen molar-refractivity contribution in [3.8, 4) is 0 Å². The number of halogens is 1. The lowest BCUT2D eigenvalue weighted by molar-refractivity contribution is -0.182. The van der Waals surface area contributed by atoms with E-state index in [1.165, 1.54) is 87.8 Å². The lowest BCUT2D eigenvalue weighted by Gasteiger charge is -2.61. The number of anilines is 2. The number of carbonyl (C=O) groups is 2. The van der Waals surface area contributed by atoms with Crippen LogP contribution < -0.4 is 9.80 Å². The molecule has 1 amide bonds. The predicted octanol–water partition coefficient (Wildman–Crippen LogP) is 1.85. The molecular weight excluding hydrogens is 1250 g/mol. The Morgan fingerprint density at radius 3 is 1.05 bits per heavy atom. The third-order valence-electron chi connectivity index (χ3n) is 27.9. The summed E-state index contributed by atoms with van der Waals surface area (Å²) in [5, 5.41) is 22.8. The van der Waals surface area contributed by atoms with Gasteiger partial charge in [0.1, 0.15) is 0 Å². The molecular formula is C60H92B30BrN3O5. The molecule has 10 rings (SSSR count). The van der Waals surface area contributed by atoms with Gasteiger partial charge in [-0.15, -0.1) is 0 Å². The zero-order valence-corrected chi connectivity index (χ0v) is 63.9. The molecule has 32 radical (unpaired) electrons. The third kappa shape index (κ3) is 18.8. The number of fused-ring (bicyclic) bond motifs is 10. The van der Waals surface area contributed by atoms with Crippen LogP contribution in [0.15, 0.2) is 53.0 Å². The van der Waals surface area contributed by atoms with Gasteiger partial charge in [-0.05, 0) is 247 Å². The van der Waals surface area contributed by atoms with E-state index in [1.54, 1.807) is 14.2 Å². The van der Waals surface area contributed by atoms with Gasteiger partial charge in [-0.3, -0.25) is 14.4 Å². The number of carbonyl (C=O) groups excluding carboxylic acids is 2. The van der Waals surface area contributed by atoms with Gasteiger partial charge in [0.15, 0.2) is 5.78 Å². The standard InChI is InChI=1S/C29H43NO2.C23H39NO3.C8H10BrN.B30/c1-27(32)16-17-28(2)20(18-27)8-11-22-23-12-13-25(29(23,3)15-14-24(22)28)26(31)19-6-9-21(10-7-19)30(4)5;1-21(26)12-13-22(2)15(14-21)6-7-16-17-8-9-19(20(25)24(4)27-5)23(17,3)11-10-18(16)22;1-10(2)8-5-3-7(9)4-6-8;1-17(2)25(18(3)4)29(26(19(5)6)20(7)8)30(27(21(9)10)22(11)12)28(23(13)14)24(15)16/h6-7,9-10,20,22-25,32H,8,11-18H2,1-5H3;15-19,26H,6-14H2,1-5H3;3-6H,1-2H3;/t20-,22-,23-,24-,25+,27+,28-,29-;15-,16-,17-,18-,19+,21+,22-,23-;;/m00../s1. The molecule has 2 aromatic carbocycles. The van der Waals surface area contributed by atoms with Gasteiger partial charge in [0.05, 0.1) is 18.3 Å². The molecule has 8 fully saturated rings. The van der Waals surface area contributed by atoms with Crippen molar-refractivity contribution in [1.82, 2.24) is 5.06 Å². The second-order valence-corrected chi connectivity index (χ2v) is 35.3. The van der Waals surface area contributed by atoms with Crippen LogP contribution in [0.5, 0.6) is 0 Å². The van der Waals surface area contributed by atoms with Gasteiger partial charge in [0.2, 0.25) is 5.91 Å². The van der Waals surface area contributed by atoms with Crippen LogP contribution in [0.1, 0.15) is 167 Å². The molecule has 2 N–H and O–H groups in total. The van der Waals surface area contributed by atoms with Crippen LogP contribution >= 0.6 is 15.9 Å². The number of hydrogen-bond donors (Lipinski definition) is 2. The van der Waals surface area contributed by atoms with E-state index >= 15 is 0 Å². The molecule has 8 saturated carbocycles. The number of Topliss-reactive ketones (excluding diaryl/α,β-unsaturated/α-hetero) is 1. The molecule has 39 heteroatoms. The minimum Gasteiger partial charge on any atom is -0.390 e. The summed E-state index contributed by atoms with van der Waals surface area (Å²) in [6.45, 7) is 14.0. The Morgan fingerprint density at radius 1 is 0.414 bits per heavy atom. The maximum atomic E-state index is 13.7. The quantitative estimate of drug-likeness (QED) is 0.126. The van der Waals surface area contributed by atoms with Crippen molar-refractivity contribution in [2.24, 2.45) is 80.8 Å². The maximum Gasteiger partial charge on any atom is 0.249 e. The molecule has 0 saturated heterocycles. The molecule has 8 aliphatic rings. The van der Waals surface area contributed by atoms with E-state index in [4.69, 9.17) is 129 Å².